The largest absolute Gasteiger partial charge is 0.496 e. The van der Waals surface area contributed by atoms with Gasteiger partial charge in [-0.2, -0.15) is 0 Å². The molecule has 2 atom stereocenters. The van der Waals surface area contributed by atoms with E-state index in [1.54, 1.807) is 14.2 Å². The summed E-state index contributed by atoms with van der Waals surface area (Å²) in [4.78, 5) is 13.1. The highest BCUT2D eigenvalue weighted by molar-refractivity contribution is 5.73. The Morgan fingerprint density at radius 2 is 2.00 bits per heavy atom. The van der Waals surface area contributed by atoms with Crippen molar-refractivity contribution in [1.82, 2.24) is 4.90 Å². The SMILES string of the molecule is COCC(C(=O)O)N(C)C(C)Cc1ccccc1OC. The molecule has 0 aliphatic rings. The van der Waals surface area contributed by atoms with E-state index < -0.39 is 12.0 Å². The van der Waals surface area contributed by atoms with Crippen LogP contribution in [0.3, 0.4) is 0 Å². The lowest BCUT2D eigenvalue weighted by Crippen LogP contribution is -2.47. The molecule has 0 radical (unpaired) electrons. The maximum absolute atomic E-state index is 11.3. The van der Waals surface area contributed by atoms with Crippen LogP contribution >= 0.6 is 0 Å². The zero-order valence-electron chi connectivity index (χ0n) is 12.5. The number of carbonyl (C=O) groups is 1. The fourth-order valence-electron chi connectivity index (χ4n) is 2.16. The van der Waals surface area contributed by atoms with Crippen LogP contribution in [0.4, 0.5) is 0 Å². The van der Waals surface area contributed by atoms with Crippen LogP contribution < -0.4 is 4.74 Å². The van der Waals surface area contributed by atoms with Crippen LogP contribution in [0.15, 0.2) is 24.3 Å². The van der Waals surface area contributed by atoms with E-state index in [0.29, 0.717) is 6.42 Å². The van der Waals surface area contributed by atoms with Gasteiger partial charge in [-0.25, -0.2) is 0 Å². The molecule has 0 saturated carbocycles. The molecule has 0 spiro atoms. The number of benzene rings is 1. The van der Waals surface area contributed by atoms with Crippen LogP contribution in [0.25, 0.3) is 0 Å². The Morgan fingerprint density at radius 3 is 2.55 bits per heavy atom. The predicted molar refractivity (Wildman–Crippen MR) is 77.2 cm³/mol. The van der Waals surface area contributed by atoms with Gasteiger partial charge in [0.05, 0.1) is 13.7 Å². The molecule has 0 heterocycles. The van der Waals surface area contributed by atoms with Crippen molar-refractivity contribution < 1.29 is 19.4 Å². The average molecular weight is 281 g/mol. The molecule has 0 aromatic heterocycles. The van der Waals surface area contributed by atoms with Gasteiger partial charge in [-0.1, -0.05) is 18.2 Å². The van der Waals surface area contributed by atoms with Gasteiger partial charge in [-0.15, -0.1) is 0 Å². The molecule has 1 aromatic carbocycles. The summed E-state index contributed by atoms with van der Waals surface area (Å²) >= 11 is 0. The Kier molecular flexibility index (Phi) is 6.48. The van der Waals surface area contributed by atoms with Gasteiger partial charge >= 0.3 is 5.97 Å². The molecule has 1 rings (SSSR count). The van der Waals surface area contributed by atoms with Crippen molar-refractivity contribution >= 4 is 5.97 Å². The number of ether oxygens (including phenoxy) is 2. The number of carboxylic acid groups (broad SMARTS) is 1. The molecule has 5 heteroatoms. The van der Waals surface area contributed by atoms with E-state index in [9.17, 15) is 9.90 Å². The van der Waals surface area contributed by atoms with Crippen LogP contribution in [0, 0.1) is 0 Å². The summed E-state index contributed by atoms with van der Waals surface area (Å²) in [6.45, 7) is 2.17. The number of carboxylic acids is 1. The number of methoxy groups -OCH3 is 2. The van der Waals surface area contributed by atoms with Gasteiger partial charge in [0.25, 0.3) is 0 Å². The summed E-state index contributed by atoms with van der Waals surface area (Å²) in [7, 11) is 4.95. The first-order valence-electron chi connectivity index (χ1n) is 6.56. The zero-order chi connectivity index (χ0) is 15.1. The second-order valence-corrected chi connectivity index (χ2v) is 4.84. The molecule has 0 amide bonds. The number of para-hydroxylation sites is 1. The monoisotopic (exact) mass is 281 g/mol. The number of hydrogen-bond acceptors (Lipinski definition) is 4. The fraction of sp³-hybridized carbons (Fsp3) is 0.533. The predicted octanol–water partition coefficient (Wildman–Crippen LogP) is 1.66. The van der Waals surface area contributed by atoms with Crippen LogP contribution in [-0.2, 0) is 16.0 Å². The van der Waals surface area contributed by atoms with E-state index in [2.05, 4.69) is 0 Å². The Morgan fingerprint density at radius 1 is 1.35 bits per heavy atom. The van der Waals surface area contributed by atoms with Gasteiger partial charge < -0.3 is 14.6 Å². The lowest BCUT2D eigenvalue weighted by atomic mass is 10.0. The summed E-state index contributed by atoms with van der Waals surface area (Å²) in [5, 5.41) is 9.24. The molecular weight excluding hydrogens is 258 g/mol. The van der Waals surface area contributed by atoms with E-state index >= 15 is 0 Å². The van der Waals surface area contributed by atoms with E-state index in [1.165, 1.54) is 7.11 Å². The molecule has 0 saturated heterocycles. The summed E-state index contributed by atoms with van der Waals surface area (Å²) in [5.74, 6) is -0.0485. The van der Waals surface area contributed by atoms with Crippen LogP contribution in [0.2, 0.25) is 0 Å². The van der Waals surface area contributed by atoms with E-state index in [0.717, 1.165) is 11.3 Å². The fourth-order valence-corrected chi connectivity index (χ4v) is 2.16. The lowest BCUT2D eigenvalue weighted by Gasteiger charge is -2.30. The first kappa shape index (κ1) is 16.5. The molecular formula is C15H23NO4. The van der Waals surface area contributed by atoms with Crippen molar-refractivity contribution in [3.63, 3.8) is 0 Å². The Hall–Kier alpha value is -1.59. The van der Waals surface area contributed by atoms with Crippen LogP contribution in [-0.4, -0.2) is 55.9 Å². The van der Waals surface area contributed by atoms with E-state index in [-0.39, 0.29) is 12.6 Å². The van der Waals surface area contributed by atoms with Gasteiger partial charge in [0.1, 0.15) is 11.8 Å². The molecule has 2 unspecified atom stereocenters. The van der Waals surface area contributed by atoms with Gasteiger partial charge in [0.15, 0.2) is 0 Å². The minimum atomic E-state index is -0.874. The Bertz CT molecular complexity index is 436. The zero-order valence-corrected chi connectivity index (χ0v) is 12.5. The first-order valence-corrected chi connectivity index (χ1v) is 6.56. The maximum Gasteiger partial charge on any atom is 0.323 e. The summed E-state index contributed by atoms with van der Waals surface area (Å²) in [5.41, 5.74) is 1.07. The van der Waals surface area contributed by atoms with Crippen molar-refractivity contribution in [3.05, 3.63) is 29.8 Å². The molecule has 0 fully saturated rings. The lowest BCUT2D eigenvalue weighted by molar-refractivity contribution is -0.145. The number of hydrogen-bond donors (Lipinski definition) is 1. The smallest absolute Gasteiger partial charge is 0.323 e. The molecule has 20 heavy (non-hydrogen) atoms. The maximum atomic E-state index is 11.3. The van der Waals surface area contributed by atoms with Crippen molar-refractivity contribution in [3.8, 4) is 5.75 Å². The molecule has 1 N–H and O–H groups in total. The van der Waals surface area contributed by atoms with E-state index in [1.807, 2.05) is 36.1 Å². The molecule has 0 aliphatic carbocycles. The number of nitrogens with zero attached hydrogens (tertiary/aromatic N) is 1. The standard InChI is InChI=1S/C15H23NO4/c1-11(16(2)13(10-19-3)15(17)18)9-12-7-5-6-8-14(12)20-4/h5-8,11,13H,9-10H2,1-4H3,(H,17,18). The van der Waals surface area contributed by atoms with E-state index in [4.69, 9.17) is 9.47 Å². The Labute approximate surface area is 120 Å². The van der Waals surface area contributed by atoms with Gasteiger partial charge in [0, 0.05) is 13.2 Å². The number of aliphatic carboxylic acids is 1. The highest BCUT2D eigenvalue weighted by Gasteiger charge is 2.26. The average Bonchev–Trinajstić information content (AvgIpc) is 2.44. The Balaban J connectivity index is 2.78. The second kappa shape index (κ2) is 7.87. The van der Waals surface area contributed by atoms with Crippen LogP contribution in [0.5, 0.6) is 5.75 Å². The quantitative estimate of drug-likeness (QED) is 0.785. The summed E-state index contributed by atoms with van der Waals surface area (Å²) in [6, 6.07) is 7.18. The van der Waals surface area contributed by atoms with Crippen molar-refractivity contribution in [2.24, 2.45) is 0 Å². The molecule has 0 bridgehead atoms. The number of likely N-dealkylation sites (N-methyl/N-ethyl adjacent to an activating group) is 1. The van der Waals surface area contributed by atoms with Crippen molar-refractivity contribution in [2.45, 2.75) is 25.4 Å². The second-order valence-electron chi connectivity index (χ2n) is 4.84. The number of rotatable bonds is 8. The topological polar surface area (TPSA) is 59.0 Å². The summed E-state index contributed by atoms with van der Waals surface area (Å²) < 4.78 is 10.3. The van der Waals surface area contributed by atoms with Gasteiger partial charge in [0.2, 0.25) is 0 Å². The third-order valence-electron chi connectivity index (χ3n) is 3.50. The van der Waals surface area contributed by atoms with Gasteiger partial charge in [-0.3, -0.25) is 9.69 Å². The molecule has 0 aliphatic heterocycles. The highest BCUT2D eigenvalue weighted by atomic mass is 16.5. The molecule has 5 nitrogen and oxygen atoms in total. The van der Waals surface area contributed by atoms with Crippen LogP contribution in [0.1, 0.15) is 12.5 Å². The third kappa shape index (κ3) is 4.21. The third-order valence-corrected chi connectivity index (χ3v) is 3.50. The molecule has 112 valence electrons. The summed E-state index contributed by atoms with van der Waals surface area (Å²) in [6.07, 6.45) is 0.716. The molecule has 1 aromatic rings. The normalized spacial score (nSPS) is 14.1. The van der Waals surface area contributed by atoms with Crippen molar-refractivity contribution in [1.29, 1.82) is 0 Å². The van der Waals surface area contributed by atoms with Crippen molar-refractivity contribution in [2.75, 3.05) is 27.9 Å². The minimum Gasteiger partial charge on any atom is -0.496 e. The highest BCUT2D eigenvalue weighted by Crippen LogP contribution is 2.20. The first-order chi connectivity index (χ1) is 9.51. The minimum absolute atomic E-state index is 0.0579. The van der Waals surface area contributed by atoms with Gasteiger partial charge in [-0.05, 0) is 32.0 Å².